The minimum absolute atomic E-state index is 0.124. The third-order valence-electron chi connectivity index (χ3n) is 7.36. The van der Waals surface area contributed by atoms with E-state index in [9.17, 15) is 18.0 Å². The second-order valence-electron chi connectivity index (χ2n) is 9.65. The van der Waals surface area contributed by atoms with Gasteiger partial charge in [-0.15, -0.1) is 0 Å². The highest BCUT2D eigenvalue weighted by Gasteiger charge is 2.38. The summed E-state index contributed by atoms with van der Waals surface area (Å²) in [5, 5.41) is 2.65. The Kier molecular flexibility index (Phi) is 8.39. The Morgan fingerprint density at radius 3 is 2.43 bits per heavy atom. The van der Waals surface area contributed by atoms with Crippen molar-refractivity contribution in [1.82, 2.24) is 9.21 Å². The van der Waals surface area contributed by atoms with Gasteiger partial charge in [0.05, 0.1) is 19.1 Å². The molecule has 2 aliphatic rings. The predicted octanol–water partition coefficient (Wildman–Crippen LogP) is 3.15. The van der Waals surface area contributed by atoms with Gasteiger partial charge in [-0.3, -0.25) is 9.59 Å². The molecule has 2 atom stereocenters. The highest BCUT2D eigenvalue weighted by Crippen LogP contribution is 2.35. The van der Waals surface area contributed by atoms with E-state index in [1.807, 2.05) is 23.1 Å². The molecule has 2 amide bonds. The zero-order valence-electron chi connectivity index (χ0n) is 21.6. The number of nitrogens with one attached hydrogen (secondary N) is 1. The first-order valence-electron chi connectivity index (χ1n) is 12.6. The lowest BCUT2D eigenvalue weighted by molar-refractivity contribution is -0.131. The van der Waals surface area contributed by atoms with Crippen molar-refractivity contribution in [2.24, 2.45) is 11.8 Å². The Morgan fingerprint density at radius 2 is 1.76 bits per heavy atom. The van der Waals surface area contributed by atoms with Gasteiger partial charge in [-0.05, 0) is 67.0 Å². The van der Waals surface area contributed by atoms with E-state index in [1.165, 1.54) is 19.1 Å². The standard InChI is InChI=1S/C27H35N3O6S/c1-19(31)28-23-7-9-24(10-8-23)37(33,34)30-16-13-21-17-26(32)29(15-12-22(21)18-30)14-11-20-5-4-6-25(35-2)27(20)36-3/h4-10,21-22H,11-18H2,1-3H3,(H,28,31). The van der Waals surface area contributed by atoms with Crippen LogP contribution in [0.1, 0.15) is 31.7 Å². The molecule has 0 radical (unpaired) electrons. The first kappa shape index (κ1) is 26.9. The molecule has 0 aromatic heterocycles. The van der Waals surface area contributed by atoms with Gasteiger partial charge in [0, 0.05) is 45.2 Å². The van der Waals surface area contributed by atoms with Gasteiger partial charge < -0.3 is 19.7 Å². The number of piperidine rings is 1. The fourth-order valence-corrected chi connectivity index (χ4v) is 6.88. The first-order chi connectivity index (χ1) is 17.7. The second kappa shape index (κ2) is 11.5. The summed E-state index contributed by atoms with van der Waals surface area (Å²) in [5.74, 6) is 1.57. The van der Waals surface area contributed by atoms with E-state index in [-0.39, 0.29) is 28.5 Å². The van der Waals surface area contributed by atoms with Crippen LogP contribution in [0, 0.1) is 11.8 Å². The van der Waals surface area contributed by atoms with Crippen LogP contribution in [0.5, 0.6) is 11.5 Å². The number of carbonyl (C=O) groups is 2. The van der Waals surface area contributed by atoms with Gasteiger partial charge in [0.2, 0.25) is 21.8 Å². The molecular weight excluding hydrogens is 494 g/mol. The van der Waals surface area contributed by atoms with E-state index < -0.39 is 10.0 Å². The number of anilines is 1. The fourth-order valence-electron chi connectivity index (χ4n) is 5.37. The lowest BCUT2D eigenvalue weighted by Crippen LogP contribution is -2.43. The van der Waals surface area contributed by atoms with E-state index >= 15 is 0 Å². The highest BCUT2D eigenvalue weighted by molar-refractivity contribution is 7.89. The number of hydrogen-bond acceptors (Lipinski definition) is 6. The van der Waals surface area contributed by atoms with E-state index in [0.29, 0.717) is 62.6 Å². The molecule has 2 unspecified atom stereocenters. The van der Waals surface area contributed by atoms with Gasteiger partial charge in [0.1, 0.15) is 0 Å². The van der Waals surface area contributed by atoms with Crippen LogP contribution in [0.15, 0.2) is 47.4 Å². The van der Waals surface area contributed by atoms with E-state index in [2.05, 4.69) is 5.32 Å². The van der Waals surface area contributed by atoms with E-state index in [4.69, 9.17) is 9.47 Å². The summed E-state index contributed by atoms with van der Waals surface area (Å²) in [6, 6.07) is 12.0. The minimum Gasteiger partial charge on any atom is -0.493 e. The van der Waals surface area contributed by atoms with Gasteiger partial charge in [-0.2, -0.15) is 4.31 Å². The number of benzene rings is 2. The molecule has 0 saturated carbocycles. The summed E-state index contributed by atoms with van der Waals surface area (Å²) in [4.78, 5) is 26.4. The zero-order valence-corrected chi connectivity index (χ0v) is 22.4. The number of likely N-dealkylation sites (tertiary alicyclic amines) is 1. The van der Waals surface area contributed by atoms with Crippen LogP contribution in [0.2, 0.25) is 0 Å². The molecule has 9 nitrogen and oxygen atoms in total. The number of rotatable bonds is 8. The quantitative estimate of drug-likeness (QED) is 0.563. The Labute approximate surface area is 218 Å². The number of sulfonamides is 1. The van der Waals surface area contributed by atoms with Gasteiger partial charge in [-0.25, -0.2) is 8.42 Å². The molecule has 200 valence electrons. The molecule has 4 rings (SSSR count). The van der Waals surface area contributed by atoms with Crippen molar-refractivity contribution in [3.05, 3.63) is 48.0 Å². The zero-order chi connectivity index (χ0) is 26.6. The van der Waals surface area contributed by atoms with Crippen molar-refractivity contribution in [3.63, 3.8) is 0 Å². The molecule has 1 N–H and O–H groups in total. The largest absolute Gasteiger partial charge is 0.493 e. The molecule has 37 heavy (non-hydrogen) atoms. The maximum atomic E-state index is 13.3. The van der Waals surface area contributed by atoms with Crippen molar-refractivity contribution in [1.29, 1.82) is 0 Å². The molecule has 2 saturated heterocycles. The number of fused-ring (bicyclic) bond motifs is 1. The Balaban J connectivity index is 1.40. The third kappa shape index (κ3) is 6.07. The number of nitrogens with zero attached hydrogens (tertiary/aromatic N) is 2. The number of amides is 2. The monoisotopic (exact) mass is 529 g/mol. The molecule has 0 spiro atoms. The number of carbonyl (C=O) groups excluding carboxylic acids is 2. The van der Waals surface area contributed by atoms with Crippen molar-refractivity contribution >= 4 is 27.5 Å². The molecule has 2 heterocycles. The second-order valence-corrected chi connectivity index (χ2v) is 11.6. The van der Waals surface area contributed by atoms with E-state index in [1.54, 1.807) is 30.7 Å². The number of hydrogen-bond donors (Lipinski definition) is 1. The summed E-state index contributed by atoms with van der Waals surface area (Å²) < 4.78 is 39.1. The highest BCUT2D eigenvalue weighted by atomic mass is 32.2. The van der Waals surface area contributed by atoms with Gasteiger partial charge in [0.15, 0.2) is 11.5 Å². The van der Waals surface area contributed by atoms with Gasteiger partial charge in [-0.1, -0.05) is 12.1 Å². The van der Waals surface area contributed by atoms with Crippen molar-refractivity contribution in [3.8, 4) is 11.5 Å². The van der Waals surface area contributed by atoms with Crippen LogP contribution in [-0.4, -0.2) is 69.8 Å². The smallest absolute Gasteiger partial charge is 0.243 e. The summed E-state index contributed by atoms with van der Waals surface area (Å²) in [7, 11) is -0.446. The van der Waals surface area contributed by atoms with Crippen molar-refractivity contribution in [2.75, 3.05) is 45.7 Å². The Hall–Kier alpha value is -3.11. The van der Waals surface area contributed by atoms with E-state index in [0.717, 1.165) is 12.0 Å². The molecular formula is C27H35N3O6S. The van der Waals surface area contributed by atoms with Gasteiger partial charge >= 0.3 is 0 Å². The van der Waals surface area contributed by atoms with Crippen LogP contribution in [0.4, 0.5) is 5.69 Å². The number of para-hydroxylation sites is 1. The van der Waals surface area contributed by atoms with Crippen LogP contribution in [-0.2, 0) is 26.0 Å². The minimum atomic E-state index is -3.66. The Morgan fingerprint density at radius 1 is 1.03 bits per heavy atom. The summed E-state index contributed by atoms with van der Waals surface area (Å²) >= 11 is 0. The van der Waals surface area contributed by atoms with Gasteiger partial charge in [0.25, 0.3) is 0 Å². The Bertz CT molecular complexity index is 1230. The summed E-state index contributed by atoms with van der Waals surface area (Å²) in [5.41, 5.74) is 1.54. The molecule has 2 fully saturated rings. The number of ether oxygens (including phenoxy) is 2. The maximum Gasteiger partial charge on any atom is 0.243 e. The molecule has 2 aromatic carbocycles. The van der Waals surface area contributed by atoms with Crippen LogP contribution >= 0.6 is 0 Å². The van der Waals surface area contributed by atoms with Crippen molar-refractivity contribution < 1.29 is 27.5 Å². The summed E-state index contributed by atoms with van der Waals surface area (Å²) in [6.07, 6.45) is 2.52. The molecule has 0 bridgehead atoms. The van der Waals surface area contributed by atoms with Crippen LogP contribution < -0.4 is 14.8 Å². The van der Waals surface area contributed by atoms with Crippen molar-refractivity contribution in [2.45, 2.75) is 37.5 Å². The molecule has 0 aliphatic carbocycles. The topological polar surface area (TPSA) is 105 Å². The fraction of sp³-hybridized carbons (Fsp3) is 0.481. The summed E-state index contributed by atoms with van der Waals surface area (Å²) in [6.45, 7) is 3.38. The SMILES string of the molecule is COc1cccc(CCN2CCC3CN(S(=O)(=O)c4ccc(NC(C)=O)cc4)CCC3CC2=O)c1OC. The van der Waals surface area contributed by atoms with Crippen LogP contribution in [0.25, 0.3) is 0 Å². The predicted molar refractivity (Wildman–Crippen MR) is 140 cm³/mol. The lowest BCUT2D eigenvalue weighted by atomic mass is 9.83. The molecule has 2 aliphatic heterocycles. The lowest BCUT2D eigenvalue weighted by Gasteiger charge is -2.36. The average Bonchev–Trinajstić information content (AvgIpc) is 3.04. The first-order valence-corrected chi connectivity index (χ1v) is 14.0. The number of methoxy groups -OCH3 is 2. The molecule has 2 aromatic rings. The normalized spacial score (nSPS) is 20.6. The third-order valence-corrected chi connectivity index (χ3v) is 9.24. The maximum absolute atomic E-state index is 13.3. The molecule has 10 heteroatoms. The van der Waals surface area contributed by atoms with Crippen LogP contribution in [0.3, 0.4) is 0 Å². The average molecular weight is 530 g/mol.